The molecule has 0 N–H and O–H groups in total. The van der Waals surface area contributed by atoms with Crippen molar-refractivity contribution < 1.29 is 8.78 Å². The van der Waals surface area contributed by atoms with E-state index in [-0.39, 0.29) is 10.8 Å². The minimum Gasteiger partial charge on any atom is -0.207 e. The van der Waals surface area contributed by atoms with Crippen molar-refractivity contribution >= 4 is 11.6 Å². The lowest BCUT2D eigenvalue weighted by atomic mass is 9.76. The van der Waals surface area contributed by atoms with E-state index in [1.165, 1.54) is 62.1 Å². The van der Waals surface area contributed by atoms with Crippen molar-refractivity contribution in [3.63, 3.8) is 0 Å². The molecule has 0 aliphatic heterocycles. The van der Waals surface area contributed by atoms with E-state index in [1.54, 1.807) is 18.2 Å². The van der Waals surface area contributed by atoms with Gasteiger partial charge >= 0.3 is 0 Å². The van der Waals surface area contributed by atoms with Crippen LogP contribution in [0.5, 0.6) is 0 Å². The smallest absolute Gasteiger partial charge is 0.142 e. The zero-order chi connectivity index (χ0) is 24.6. The second-order valence-electron chi connectivity index (χ2n) is 10.3. The summed E-state index contributed by atoms with van der Waals surface area (Å²) in [7, 11) is 0. The average molecular weight is 495 g/mol. The number of rotatable bonds is 10. The maximum atomic E-state index is 14.7. The van der Waals surface area contributed by atoms with Gasteiger partial charge in [0.1, 0.15) is 11.6 Å². The van der Waals surface area contributed by atoms with Crippen molar-refractivity contribution in [1.29, 1.82) is 0 Å². The molecule has 3 heteroatoms. The first-order valence-corrected chi connectivity index (χ1v) is 13.7. The van der Waals surface area contributed by atoms with Crippen LogP contribution in [0.4, 0.5) is 8.78 Å². The summed E-state index contributed by atoms with van der Waals surface area (Å²) in [6, 6.07) is 19.8. The van der Waals surface area contributed by atoms with Crippen LogP contribution in [0.25, 0.3) is 0 Å². The number of halogens is 3. The van der Waals surface area contributed by atoms with Crippen molar-refractivity contribution in [1.82, 2.24) is 0 Å². The summed E-state index contributed by atoms with van der Waals surface area (Å²) in [5, 5.41) is 0.120. The topological polar surface area (TPSA) is 0 Å². The van der Waals surface area contributed by atoms with E-state index in [1.807, 2.05) is 6.07 Å². The molecular weight excluding hydrogens is 458 g/mol. The van der Waals surface area contributed by atoms with E-state index in [0.717, 1.165) is 29.9 Å². The molecule has 0 heterocycles. The van der Waals surface area contributed by atoms with Gasteiger partial charge in [0.15, 0.2) is 0 Å². The minimum absolute atomic E-state index is 0.120. The zero-order valence-corrected chi connectivity index (χ0v) is 21.6. The third kappa shape index (κ3) is 7.40. The van der Waals surface area contributed by atoms with Gasteiger partial charge in [-0.1, -0.05) is 67.4 Å². The molecule has 0 bridgehead atoms. The van der Waals surface area contributed by atoms with Crippen LogP contribution in [0.15, 0.2) is 60.7 Å². The summed E-state index contributed by atoms with van der Waals surface area (Å²) >= 11 is 5.75. The summed E-state index contributed by atoms with van der Waals surface area (Å²) in [4.78, 5) is 0. The molecule has 0 saturated heterocycles. The van der Waals surface area contributed by atoms with Gasteiger partial charge in [0.25, 0.3) is 0 Å². The maximum absolute atomic E-state index is 14.7. The summed E-state index contributed by atoms with van der Waals surface area (Å²) in [6.07, 6.45) is 12.0. The Bertz CT molecular complexity index is 1080. The minimum atomic E-state index is -0.422. The van der Waals surface area contributed by atoms with Gasteiger partial charge in [0.2, 0.25) is 0 Å². The van der Waals surface area contributed by atoms with E-state index in [9.17, 15) is 8.78 Å². The van der Waals surface area contributed by atoms with E-state index >= 15 is 0 Å². The van der Waals surface area contributed by atoms with E-state index in [4.69, 9.17) is 11.6 Å². The molecule has 0 aromatic heterocycles. The third-order valence-corrected chi connectivity index (χ3v) is 8.05. The average Bonchev–Trinajstić information content (AvgIpc) is 2.88. The van der Waals surface area contributed by atoms with Gasteiger partial charge in [-0.3, -0.25) is 0 Å². The van der Waals surface area contributed by atoms with Crippen LogP contribution in [-0.2, 0) is 25.7 Å². The molecule has 3 aromatic rings. The van der Waals surface area contributed by atoms with E-state index < -0.39 is 5.82 Å². The molecule has 1 aliphatic rings. The molecule has 186 valence electrons. The second kappa shape index (κ2) is 12.7. The van der Waals surface area contributed by atoms with Gasteiger partial charge in [0.05, 0.1) is 5.02 Å². The van der Waals surface area contributed by atoms with Crippen molar-refractivity contribution in [2.75, 3.05) is 0 Å². The van der Waals surface area contributed by atoms with Gasteiger partial charge in [-0.2, -0.15) is 0 Å². The number of benzene rings is 3. The number of hydrogen-bond acceptors (Lipinski definition) is 0. The predicted octanol–water partition coefficient (Wildman–Crippen LogP) is 9.65. The van der Waals surface area contributed by atoms with Gasteiger partial charge in [-0.15, -0.1) is 0 Å². The first-order chi connectivity index (χ1) is 17.0. The molecule has 1 fully saturated rings. The van der Waals surface area contributed by atoms with Crippen LogP contribution in [0, 0.1) is 17.6 Å². The Morgan fingerprint density at radius 3 is 2.06 bits per heavy atom. The van der Waals surface area contributed by atoms with Crippen LogP contribution in [-0.4, -0.2) is 0 Å². The van der Waals surface area contributed by atoms with Crippen LogP contribution in [0.1, 0.15) is 85.6 Å². The Morgan fingerprint density at radius 2 is 1.37 bits per heavy atom. The molecule has 35 heavy (non-hydrogen) atoms. The SMILES string of the molecule is CCCCc1ccc(C2CCC(CCc3ccc(CCc4ccc(Cl)c(F)c4)c(F)c3)CC2)cc1. The monoisotopic (exact) mass is 494 g/mol. The molecule has 4 rings (SSSR count). The molecule has 0 radical (unpaired) electrons. The van der Waals surface area contributed by atoms with Crippen molar-refractivity contribution in [2.45, 2.75) is 83.5 Å². The lowest BCUT2D eigenvalue weighted by molar-refractivity contribution is 0.310. The fourth-order valence-corrected chi connectivity index (χ4v) is 5.53. The summed E-state index contributed by atoms with van der Waals surface area (Å²) in [6.45, 7) is 2.24. The van der Waals surface area contributed by atoms with E-state index in [2.05, 4.69) is 37.3 Å². The highest BCUT2D eigenvalue weighted by molar-refractivity contribution is 6.30. The number of hydrogen-bond donors (Lipinski definition) is 0. The quantitative estimate of drug-likeness (QED) is 0.263. The van der Waals surface area contributed by atoms with Crippen LogP contribution in [0.2, 0.25) is 5.02 Å². The normalized spacial score (nSPS) is 18.1. The molecule has 0 unspecified atom stereocenters. The molecule has 1 aliphatic carbocycles. The Hall–Kier alpha value is -2.19. The first-order valence-electron chi connectivity index (χ1n) is 13.3. The Morgan fingerprint density at radius 1 is 0.714 bits per heavy atom. The highest BCUT2D eigenvalue weighted by Crippen LogP contribution is 2.37. The summed E-state index contributed by atoms with van der Waals surface area (Å²) in [5.74, 6) is 0.854. The van der Waals surface area contributed by atoms with Gasteiger partial charge in [-0.25, -0.2) is 8.78 Å². The second-order valence-corrected chi connectivity index (χ2v) is 10.7. The molecule has 3 aromatic carbocycles. The van der Waals surface area contributed by atoms with E-state index in [0.29, 0.717) is 24.3 Å². The van der Waals surface area contributed by atoms with Crippen LogP contribution in [0.3, 0.4) is 0 Å². The summed E-state index contributed by atoms with van der Waals surface area (Å²) < 4.78 is 28.3. The Balaban J connectivity index is 1.22. The molecule has 0 atom stereocenters. The van der Waals surface area contributed by atoms with Gasteiger partial charge < -0.3 is 0 Å². The highest BCUT2D eigenvalue weighted by atomic mass is 35.5. The lowest BCUT2D eigenvalue weighted by Crippen LogP contribution is -2.14. The predicted molar refractivity (Wildman–Crippen MR) is 143 cm³/mol. The molecule has 1 saturated carbocycles. The third-order valence-electron chi connectivity index (χ3n) is 7.74. The molecule has 0 nitrogen and oxygen atoms in total. The molecular formula is C32H37ClF2. The maximum Gasteiger partial charge on any atom is 0.142 e. The van der Waals surface area contributed by atoms with Crippen LogP contribution >= 0.6 is 11.6 Å². The Kier molecular flexibility index (Phi) is 9.38. The van der Waals surface area contributed by atoms with Crippen LogP contribution < -0.4 is 0 Å². The fourth-order valence-electron chi connectivity index (χ4n) is 5.42. The lowest BCUT2D eigenvalue weighted by Gasteiger charge is -2.29. The standard InChI is InChI=1S/C32H37ClF2/c1-2-3-4-23-7-14-27(15-8-23)28-16-9-24(10-17-28)5-6-25-11-18-29(31(34)21-25)19-12-26-13-20-30(33)32(35)22-26/h7-8,11,13-15,18,20-22,24,28H,2-6,9-10,12,16-17,19H2,1H3. The first kappa shape index (κ1) is 25.9. The fraction of sp³-hybridized carbons (Fsp3) is 0.438. The summed E-state index contributed by atoms with van der Waals surface area (Å²) in [5.41, 5.74) is 5.56. The molecule has 0 amide bonds. The van der Waals surface area contributed by atoms with Gasteiger partial charge in [-0.05, 0) is 122 Å². The number of aryl methyl sites for hydroxylation is 4. The highest BCUT2D eigenvalue weighted by Gasteiger charge is 2.22. The van der Waals surface area contributed by atoms with Crippen molar-refractivity contribution in [2.24, 2.45) is 5.92 Å². The van der Waals surface area contributed by atoms with Gasteiger partial charge in [0, 0.05) is 0 Å². The number of unbranched alkanes of at least 4 members (excludes halogenated alkanes) is 1. The van der Waals surface area contributed by atoms with Crippen molar-refractivity contribution in [3.05, 3.63) is 105 Å². The van der Waals surface area contributed by atoms with Crippen molar-refractivity contribution in [3.8, 4) is 0 Å². The molecule has 0 spiro atoms. The zero-order valence-electron chi connectivity index (χ0n) is 20.8. The largest absolute Gasteiger partial charge is 0.207 e. The Labute approximate surface area is 214 Å².